The summed E-state index contributed by atoms with van der Waals surface area (Å²) in [7, 11) is 0. The van der Waals surface area contributed by atoms with Gasteiger partial charge in [0.2, 0.25) is 0 Å². The first kappa shape index (κ1) is 10.4. The molecule has 0 radical (unpaired) electrons. The normalized spacial score (nSPS) is 16.1. The van der Waals surface area contributed by atoms with Crippen LogP contribution in [0.1, 0.15) is 5.56 Å². The summed E-state index contributed by atoms with van der Waals surface area (Å²) in [6, 6.07) is 5.02. The van der Waals surface area contributed by atoms with Crippen LogP contribution in [0.4, 0.5) is 5.69 Å². The van der Waals surface area contributed by atoms with Gasteiger partial charge in [-0.05, 0) is 37.1 Å². The Morgan fingerprint density at radius 1 is 1.53 bits per heavy atom. The lowest BCUT2D eigenvalue weighted by molar-refractivity contribution is -0.384. The Bertz CT molecular complexity index is 391. The van der Waals surface area contributed by atoms with E-state index in [4.69, 9.17) is 11.6 Å². The predicted octanol–water partition coefficient (Wildman–Crippen LogP) is 2.01. The van der Waals surface area contributed by atoms with Gasteiger partial charge in [-0.25, -0.2) is 0 Å². The summed E-state index contributed by atoms with van der Waals surface area (Å²) in [4.78, 5) is 10.2. The molecule has 1 N–H and O–H groups in total. The lowest BCUT2D eigenvalue weighted by Crippen LogP contribution is -2.43. The summed E-state index contributed by atoms with van der Waals surface area (Å²) in [5, 5.41) is 14.0. The predicted molar refractivity (Wildman–Crippen MR) is 58.2 cm³/mol. The van der Waals surface area contributed by atoms with Crippen molar-refractivity contribution in [3.05, 3.63) is 38.9 Å². The maximum atomic E-state index is 10.7. The zero-order valence-electron chi connectivity index (χ0n) is 8.07. The summed E-state index contributed by atoms with van der Waals surface area (Å²) < 4.78 is 0. The third-order valence-corrected chi connectivity index (χ3v) is 2.92. The molecule has 1 heterocycles. The van der Waals surface area contributed by atoms with Crippen molar-refractivity contribution in [2.75, 3.05) is 13.1 Å². The van der Waals surface area contributed by atoms with Crippen molar-refractivity contribution in [3.63, 3.8) is 0 Å². The minimum absolute atomic E-state index is 0.00134. The maximum absolute atomic E-state index is 10.7. The van der Waals surface area contributed by atoms with Crippen LogP contribution in [0.3, 0.4) is 0 Å². The zero-order chi connectivity index (χ0) is 10.8. The van der Waals surface area contributed by atoms with Crippen molar-refractivity contribution in [3.8, 4) is 0 Å². The van der Waals surface area contributed by atoms with Gasteiger partial charge in [-0.3, -0.25) is 10.1 Å². The SMILES string of the molecule is O=[N+]([O-])c1cc(CC2CNC2)ccc1Cl. The van der Waals surface area contributed by atoms with Crippen molar-refractivity contribution >= 4 is 17.3 Å². The van der Waals surface area contributed by atoms with Crippen molar-refractivity contribution in [1.82, 2.24) is 5.32 Å². The van der Waals surface area contributed by atoms with Crippen LogP contribution in [0.25, 0.3) is 0 Å². The second-order valence-electron chi connectivity index (χ2n) is 3.77. The Hall–Kier alpha value is -1.13. The standard InChI is InChI=1S/C10H11ClN2O2/c11-9-2-1-7(3-8-5-12-6-8)4-10(9)13(14)15/h1-2,4,8,12H,3,5-6H2. The number of nitro groups is 1. The molecule has 0 bridgehead atoms. The molecule has 2 rings (SSSR count). The molecule has 15 heavy (non-hydrogen) atoms. The van der Waals surface area contributed by atoms with E-state index in [1.54, 1.807) is 12.1 Å². The van der Waals surface area contributed by atoms with E-state index in [1.165, 1.54) is 0 Å². The molecule has 0 spiro atoms. The average Bonchev–Trinajstić information content (AvgIpc) is 2.13. The van der Waals surface area contributed by atoms with Crippen LogP contribution in [0, 0.1) is 16.0 Å². The van der Waals surface area contributed by atoms with E-state index in [2.05, 4.69) is 5.32 Å². The Morgan fingerprint density at radius 2 is 2.27 bits per heavy atom. The fraction of sp³-hybridized carbons (Fsp3) is 0.400. The van der Waals surface area contributed by atoms with E-state index in [0.29, 0.717) is 5.92 Å². The summed E-state index contributed by atoms with van der Waals surface area (Å²) in [5.41, 5.74) is 0.985. The number of nitrogens with one attached hydrogen (secondary N) is 1. The molecule has 1 aliphatic rings. The van der Waals surface area contributed by atoms with E-state index in [9.17, 15) is 10.1 Å². The molecule has 80 valence electrons. The van der Waals surface area contributed by atoms with Gasteiger partial charge >= 0.3 is 0 Å². The largest absolute Gasteiger partial charge is 0.316 e. The molecule has 1 aromatic carbocycles. The van der Waals surface area contributed by atoms with Gasteiger partial charge in [-0.1, -0.05) is 17.7 Å². The number of nitrogens with zero attached hydrogens (tertiary/aromatic N) is 1. The Balaban J connectivity index is 2.17. The molecular formula is C10H11ClN2O2. The van der Waals surface area contributed by atoms with Crippen molar-refractivity contribution in [1.29, 1.82) is 0 Å². The molecule has 0 unspecified atom stereocenters. The molecule has 0 aromatic heterocycles. The third-order valence-electron chi connectivity index (χ3n) is 2.60. The Morgan fingerprint density at radius 3 is 2.80 bits per heavy atom. The van der Waals surface area contributed by atoms with Crippen LogP contribution in [0.5, 0.6) is 0 Å². The van der Waals surface area contributed by atoms with Gasteiger partial charge in [-0.2, -0.15) is 0 Å². The monoisotopic (exact) mass is 226 g/mol. The minimum Gasteiger partial charge on any atom is -0.316 e. The number of benzene rings is 1. The van der Waals surface area contributed by atoms with Crippen LogP contribution < -0.4 is 5.32 Å². The molecule has 1 saturated heterocycles. The van der Waals surface area contributed by atoms with Crippen molar-refractivity contribution < 1.29 is 4.92 Å². The first-order valence-corrected chi connectivity index (χ1v) is 5.18. The lowest BCUT2D eigenvalue weighted by atomic mass is 9.94. The molecular weight excluding hydrogens is 216 g/mol. The Kier molecular flexibility index (Phi) is 2.88. The second-order valence-corrected chi connectivity index (χ2v) is 4.18. The molecule has 1 fully saturated rings. The second kappa shape index (κ2) is 4.16. The summed E-state index contributed by atoms with van der Waals surface area (Å²) in [5.74, 6) is 0.603. The molecule has 5 heteroatoms. The average molecular weight is 227 g/mol. The minimum atomic E-state index is -0.440. The number of rotatable bonds is 3. The maximum Gasteiger partial charge on any atom is 0.288 e. The number of halogens is 1. The van der Waals surface area contributed by atoms with Gasteiger partial charge in [0.25, 0.3) is 5.69 Å². The highest BCUT2D eigenvalue weighted by atomic mass is 35.5. The first-order valence-electron chi connectivity index (χ1n) is 4.80. The van der Waals surface area contributed by atoms with Crippen LogP contribution in [-0.4, -0.2) is 18.0 Å². The van der Waals surface area contributed by atoms with Crippen molar-refractivity contribution in [2.45, 2.75) is 6.42 Å². The summed E-state index contributed by atoms with van der Waals surface area (Å²) >= 11 is 5.72. The first-order chi connectivity index (χ1) is 7.16. The van der Waals surface area contributed by atoms with Gasteiger partial charge < -0.3 is 5.32 Å². The molecule has 1 aliphatic heterocycles. The topological polar surface area (TPSA) is 55.2 Å². The van der Waals surface area contributed by atoms with Crippen LogP contribution in [0.15, 0.2) is 18.2 Å². The van der Waals surface area contributed by atoms with Gasteiger partial charge in [0.15, 0.2) is 0 Å². The van der Waals surface area contributed by atoms with Crippen molar-refractivity contribution in [2.24, 2.45) is 5.92 Å². The smallest absolute Gasteiger partial charge is 0.288 e. The third kappa shape index (κ3) is 2.27. The van der Waals surface area contributed by atoms with Gasteiger partial charge in [0.1, 0.15) is 5.02 Å². The quantitative estimate of drug-likeness (QED) is 0.634. The molecule has 4 nitrogen and oxygen atoms in total. The number of nitro benzene ring substituents is 1. The molecule has 1 aromatic rings. The van der Waals surface area contributed by atoms with E-state index in [-0.39, 0.29) is 10.7 Å². The Labute approximate surface area is 92.4 Å². The highest BCUT2D eigenvalue weighted by molar-refractivity contribution is 6.32. The van der Waals surface area contributed by atoms with Gasteiger partial charge in [-0.15, -0.1) is 0 Å². The highest BCUT2D eigenvalue weighted by Crippen LogP contribution is 2.26. The highest BCUT2D eigenvalue weighted by Gasteiger charge is 2.19. The van der Waals surface area contributed by atoms with E-state index < -0.39 is 4.92 Å². The van der Waals surface area contributed by atoms with E-state index in [1.807, 2.05) is 6.07 Å². The fourth-order valence-corrected chi connectivity index (χ4v) is 1.84. The van der Waals surface area contributed by atoms with Crippen LogP contribution in [-0.2, 0) is 6.42 Å². The number of hydrogen-bond donors (Lipinski definition) is 1. The molecule has 0 atom stereocenters. The van der Waals surface area contributed by atoms with Gasteiger partial charge in [0, 0.05) is 6.07 Å². The van der Waals surface area contributed by atoms with Gasteiger partial charge in [0.05, 0.1) is 4.92 Å². The van der Waals surface area contributed by atoms with Crippen LogP contribution in [0.2, 0.25) is 5.02 Å². The fourth-order valence-electron chi connectivity index (χ4n) is 1.65. The van der Waals surface area contributed by atoms with E-state index in [0.717, 1.165) is 25.1 Å². The summed E-state index contributed by atoms with van der Waals surface area (Å²) in [6.45, 7) is 1.99. The molecule has 0 amide bonds. The molecule has 0 saturated carbocycles. The lowest BCUT2D eigenvalue weighted by Gasteiger charge is -2.26. The van der Waals surface area contributed by atoms with Crippen LogP contribution >= 0.6 is 11.6 Å². The zero-order valence-corrected chi connectivity index (χ0v) is 8.83. The number of hydrogen-bond acceptors (Lipinski definition) is 3. The van der Waals surface area contributed by atoms with E-state index >= 15 is 0 Å². The molecule has 0 aliphatic carbocycles. The summed E-state index contributed by atoms with van der Waals surface area (Å²) in [6.07, 6.45) is 0.880.